The van der Waals surface area contributed by atoms with Gasteiger partial charge in [-0.1, -0.05) is 12.2 Å². The molecule has 0 saturated carbocycles. The molecule has 1 heterocycles. The summed E-state index contributed by atoms with van der Waals surface area (Å²) in [5.74, 6) is -1.24. The molecular weight excluding hydrogens is 262 g/mol. The number of aromatic carboxylic acids is 1. The molecule has 0 atom stereocenters. The van der Waals surface area contributed by atoms with Gasteiger partial charge in [-0.05, 0) is 24.8 Å². The van der Waals surface area contributed by atoms with Crippen molar-refractivity contribution in [2.45, 2.75) is 18.7 Å². The molecule has 2 N–H and O–H groups in total. The standard InChI is InChI=1S/C10H13NO4S2/c1-6(2)4-11-17(14,15)9-7(3)5-16-8(9)10(12)13/h5,11H,1,4H2,2-3H3,(H,12,13). The molecule has 0 aliphatic heterocycles. The van der Waals surface area contributed by atoms with Crippen LogP contribution in [0.15, 0.2) is 22.4 Å². The molecule has 17 heavy (non-hydrogen) atoms. The summed E-state index contributed by atoms with van der Waals surface area (Å²) in [6.07, 6.45) is 0. The highest BCUT2D eigenvalue weighted by atomic mass is 32.2. The smallest absolute Gasteiger partial charge is 0.347 e. The maximum atomic E-state index is 11.9. The lowest BCUT2D eigenvalue weighted by molar-refractivity contribution is 0.0698. The van der Waals surface area contributed by atoms with E-state index in [0.29, 0.717) is 11.1 Å². The number of sulfonamides is 1. The highest BCUT2D eigenvalue weighted by Crippen LogP contribution is 2.26. The number of rotatable bonds is 5. The molecule has 0 spiro atoms. The summed E-state index contributed by atoms with van der Waals surface area (Å²) in [7, 11) is -3.80. The van der Waals surface area contributed by atoms with Gasteiger partial charge in [0.15, 0.2) is 0 Å². The maximum Gasteiger partial charge on any atom is 0.347 e. The lowest BCUT2D eigenvalue weighted by atomic mass is 10.3. The van der Waals surface area contributed by atoms with E-state index in [9.17, 15) is 13.2 Å². The average Bonchev–Trinajstić information content (AvgIpc) is 2.58. The van der Waals surface area contributed by atoms with Gasteiger partial charge < -0.3 is 5.11 Å². The Morgan fingerprint density at radius 2 is 2.18 bits per heavy atom. The summed E-state index contributed by atoms with van der Waals surface area (Å²) in [4.78, 5) is 10.6. The van der Waals surface area contributed by atoms with E-state index in [1.807, 2.05) is 0 Å². The summed E-state index contributed by atoms with van der Waals surface area (Å²) in [6.45, 7) is 6.92. The molecule has 0 aromatic carbocycles. The van der Waals surface area contributed by atoms with Crippen molar-refractivity contribution in [3.63, 3.8) is 0 Å². The summed E-state index contributed by atoms with van der Waals surface area (Å²) < 4.78 is 26.2. The minimum Gasteiger partial charge on any atom is -0.477 e. The molecule has 0 amide bonds. The molecular formula is C10H13NO4S2. The van der Waals surface area contributed by atoms with Crippen molar-refractivity contribution >= 4 is 27.3 Å². The van der Waals surface area contributed by atoms with Gasteiger partial charge >= 0.3 is 5.97 Å². The Morgan fingerprint density at radius 1 is 1.59 bits per heavy atom. The van der Waals surface area contributed by atoms with Gasteiger partial charge in [0.2, 0.25) is 10.0 Å². The first-order valence-electron chi connectivity index (χ1n) is 4.71. The molecule has 5 nitrogen and oxygen atoms in total. The van der Waals surface area contributed by atoms with Gasteiger partial charge in [0.05, 0.1) is 0 Å². The number of hydrogen-bond donors (Lipinski definition) is 2. The Hall–Kier alpha value is -1.18. The molecule has 0 fully saturated rings. The normalized spacial score (nSPS) is 11.4. The van der Waals surface area contributed by atoms with Crippen LogP contribution in [-0.4, -0.2) is 26.0 Å². The van der Waals surface area contributed by atoms with Gasteiger partial charge in [-0.25, -0.2) is 17.9 Å². The minimum atomic E-state index is -3.80. The number of carboxylic acids is 1. The van der Waals surface area contributed by atoms with Gasteiger partial charge in [-0.15, -0.1) is 11.3 Å². The number of thiophene rings is 1. The van der Waals surface area contributed by atoms with Crippen LogP contribution in [0, 0.1) is 6.92 Å². The van der Waals surface area contributed by atoms with E-state index in [4.69, 9.17) is 5.11 Å². The number of hydrogen-bond acceptors (Lipinski definition) is 4. The van der Waals surface area contributed by atoms with Crippen LogP contribution in [0.25, 0.3) is 0 Å². The third-order valence-corrected chi connectivity index (χ3v) is 4.75. The van der Waals surface area contributed by atoms with E-state index in [-0.39, 0.29) is 16.3 Å². The van der Waals surface area contributed by atoms with Crippen molar-refractivity contribution in [1.82, 2.24) is 4.72 Å². The second-order valence-electron chi connectivity index (χ2n) is 3.66. The van der Waals surface area contributed by atoms with Crippen LogP contribution in [0.3, 0.4) is 0 Å². The van der Waals surface area contributed by atoms with Gasteiger partial charge in [-0.3, -0.25) is 0 Å². The van der Waals surface area contributed by atoms with Crippen molar-refractivity contribution in [2.75, 3.05) is 6.54 Å². The fourth-order valence-electron chi connectivity index (χ4n) is 1.21. The first-order chi connectivity index (χ1) is 7.75. The summed E-state index contributed by atoms with van der Waals surface area (Å²) in [6, 6.07) is 0. The molecule has 0 aliphatic carbocycles. The van der Waals surface area contributed by atoms with Crippen molar-refractivity contribution in [2.24, 2.45) is 0 Å². The SMILES string of the molecule is C=C(C)CNS(=O)(=O)c1c(C)csc1C(=O)O. The zero-order chi connectivity index (χ0) is 13.2. The number of carbonyl (C=O) groups is 1. The second-order valence-corrected chi connectivity index (χ2v) is 6.25. The Balaban J connectivity index is 3.19. The lowest BCUT2D eigenvalue weighted by Gasteiger charge is -2.07. The molecule has 94 valence electrons. The number of aryl methyl sites for hydroxylation is 1. The van der Waals surface area contributed by atoms with E-state index < -0.39 is 16.0 Å². The first-order valence-corrected chi connectivity index (χ1v) is 7.07. The van der Waals surface area contributed by atoms with Gasteiger partial charge in [0.1, 0.15) is 9.77 Å². The molecule has 7 heteroatoms. The zero-order valence-electron chi connectivity index (χ0n) is 9.48. The van der Waals surface area contributed by atoms with Crippen molar-refractivity contribution < 1.29 is 18.3 Å². The van der Waals surface area contributed by atoms with Crippen LogP contribution in [-0.2, 0) is 10.0 Å². The van der Waals surface area contributed by atoms with Gasteiger partial charge in [-0.2, -0.15) is 0 Å². The monoisotopic (exact) mass is 275 g/mol. The van der Waals surface area contributed by atoms with E-state index in [1.54, 1.807) is 13.8 Å². The van der Waals surface area contributed by atoms with Crippen molar-refractivity contribution in [1.29, 1.82) is 0 Å². The molecule has 1 aromatic heterocycles. The van der Waals surface area contributed by atoms with Crippen LogP contribution in [0.5, 0.6) is 0 Å². The summed E-state index contributed by atoms with van der Waals surface area (Å²) in [5.41, 5.74) is 1.08. The largest absolute Gasteiger partial charge is 0.477 e. The molecule has 0 aliphatic rings. The summed E-state index contributed by atoms with van der Waals surface area (Å²) >= 11 is 0.904. The lowest BCUT2D eigenvalue weighted by Crippen LogP contribution is -2.26. The number of carboxylic acid groups (broad SMARTS) is 1. The Labute approximate surface area is 104 Å². The zero-order valence-corrected chi connectivity index (χ0v) is 11.1. The van der Waals surface area contributed by atoms with Crippen LogP contribution in [0.2, 0.25) is 0 Å². The highest BCUT2D eigenvalue weighted by molar-refractivity contribution is 7.89. The minimum absolute atomic E-state index is 0.0939. The van der Waals surface area contributed by atoms with Crippen molar-refractivity contribution in [3.8, 4) is 0 Å². The van der Waals surface area contributed by atoms with Crippen LogP contribution < -0.4 is 4.72 Å². The Kier molecular flexibility index (Phi) is 4.07. The average molecular weight is 275 g/mol. The maximum absolute atomic E-state index is 11.9. The van der Waals surface area contributed by atoms with Crippen LogP contribution >= 0.6 is 11.3 Å². The predicted molar refractivity (Wildman–Crippen MR) is 66.0 cm³/mol. The van der Waals surface area contributed by atoms with E-state index in [2.05, 4.69) is 11.3 Å². The topological polar surface area (TPSA) is 83.5 Å². The summed E-state index contributed by atoms with van der Waals surface area (Å²) in [5, 5.41) is 10.4. The fraction of sp³-hybridized carbons (Fsp3) is 0.300. The van der Waals surface area contributed by atoms with Gasteiger partial charge in [0, 0.05) is 6.54 Å². The van der Waals surface area contributed by atoms with Crippen LogP contribution in [0.4, 0.5) is 0 Å². The Bertz CT molecular complexity index is 557. The van der Waals surface area contributed by atoms with Crippen LogP contribution in [0.1, 0.15) is 22.2 Å². The van der Waals surface area contributed by atoms with E-state index in [1.165, 1.54) is 5.38 Å². The second kappa shape index (κ2) is 4.99. The number of nitrogens with one attached hydrogen (secondary N) is 1. The first kappa shape index (κ1) is 13.9. The third-order valence-electron chi connectivity index (χ3n) is 1.94. The van der Waals surface area contributed by atoms with Crippen molar-refractivity contribution in [3.05, 3.63) is 28.0 Å². The quantitative estimate of drug-likeness (QED) is 0.800. The third kappa shape index (κ3) is 3.15. The predicted octanol–water partition coefficient (Wildman–Crippen LogP) is 1.61. The molecule has 0 bridgehead atoms. The molecule has 1 aromatic rings. The molecule has 1 rings (SSSR count). The molecule has 0 saturated heterocycles. The van der Waals surface area contributed by atoms with Gasteiger partial charge in [0.25, 0.3) is 0 Å². The Morgan fingerprint density at radius 3 is 2.65 bits per heavy atom. The molecule has 0 radical (unpaired) electrons. The highest BCUT2D eigenvalue weighted by Gasteiger charge is 2.26. The van der Waals surface area contributed by atoms with E-state index >= 15 is 0 Å². The van der Waals surface area contributed by atoms with E-state index in [0.717, 1.165) is 11.3 Å². The molecule has 0 unspecified atom stereocenters. The fourth-order valence-corrected chi connectivity index (χ4v) is 3.93.